The fourth-order valence-corrected chi connectivity index (χ4v) is 2.61. The molecule has 0 spiro atoms. The topological polar surface area (TPSA) is 60.9 Å². The molecule has 0 radical (unpaired) electrons. The van der Waals surface area contributed by atoms with Crippen molar-refractivity contribution in [1.82, 2.24) is 9.80 Å². The van der Waals surface area contributed by atoms with Gasteiger partial charge in [-0.1, -0.05) is 6.42 Å². The molecule has 2 amide bonds. The van der Waals surface area contributed by atoms with Crippen molar-refractivity contribution >= 4 is 11.8 Å². The second kappa shape index (κ2) is 6.32. The number of hydrogen-bond acceptors (Lipinski definition) is 3. The molecular formula is C13H21FN2O3. The van der Waals surface area contributed by atoms with Crippen LogP contribution in [0.2, 0.25) is 0 Å². The van der Waals surface area contributed by atoms with Gasteiger partial charge in [-0.25, -0.2) is 4.39 Å². The first-order valence-electron chi connectivity index (χ1n) is 6.95. The Morgan fingerprint density at radius 2 is 2.11 bits per heavy atom. The largest absolute Gasteiger partial charge is 0.388 e. The van der Waals surface area contributed by atoms with Crippen LogP contribution in [0.3, 0.4) is 0 Å². The van der Waals surface area contributed by atoms with Gasteiger partial charge in [-0.3, -0.25) is 9.59 Å². The molecule has 2 fully saturated rings. The maximum atomic E-state index is 13.1. The number of aliphatic hydroxyl groups excluding tert-OH is 1. The maximum Gasteiger partial charge on any atom is 0.224 e. The number of aliphatic hydroxyl groups is 1. The Balaban J connectivity index is 1.78. The highest BCUT2D eigenvalue weighted by Crippen LogP contribution is 2.15. The predicted octanol–water partition coefficient (Wildman–Crippen LogP) is 0.320. The van der Waals surface area contributed by atoms with Crippen LogP contribution in [0, 0.1) is 0 Å². The van der Waals surface area contributed by atoms with Crippen molar-refractivity contribution in [3.63, 3.8) is 0 Å². The van der Waals surface area contributed by atoms with E-state index in [1.807, 2.05) is 0 Å². The Morgan fingerprint density at radius 1 is 1.32 bits per heavy atom. The van der Waals surface area contributed by atoms with Crippen LogP contribution >= 0.6 is 0 Å². The van der Waals surface area contributed by atoms with Crippen LogP contribution in [-0.4, -0.2) is 65.2 Å². The van der Waals surface area contributed by atoms with Crippen molar-refractivity contribution in [3.8, 4) is 0 Å². The number of alkyl halides is 1. The first-order valence-corrected chi connectivity index (χ1v) is 6.95. The summed E-state index contributed by atoms with van der Waals surface area (Å²) in [4.78, 5) is 26.7. The molecule has 0 saturated carbocycles. The zero-order valence-corrected chi connectivity index (χ0v) is 11.1. The lowest BCUT2D eigenvalue weighted by molar-refractivity contribution is -0.133. The third-order valence-electron chi connectivity index (χ3n) is 3.84. The standard InChI is InChI=1S/C13H21FN2O3/c14-10-8-16(9-11(10)17)13(19)5-7-15-6-3-1-2-4-12(15)18/h10-11,17H,1-9H2/t10-,11-/m1/s1. The summed E-state index contributed by atoms with van der Waals surface area (Å²) >= 11 is 0. The van der Waals surface area contributed by atoms with Crippen LogP contribution in [0.25, 0.3) is 0 Å². The fourth-order valence-electron chi connectivity index (χ4n) is 2.61. The molecule has 0 aromatic carbocycles. The molecule has 2 saturated heterocycles. The smallest absolute Gasteiger partial charge is 0.224 e. The van der Waals surface area contributed by atoms with Gasteiger partial charge in [0.2, 0.25) is 11.8 Å². The highest BCUT2D eigenvalue weighted by Gasteiger charge is 2.33. The molecule has 6 heteroatoms. The van der Waals surface area contributed by atoms with Crippen molar-refractivity contribution < 1.29 is 19.1 Å². The second-order valence-corrected chi connectivity index (χ2v) is 5.32. The number of carbonyl (C=O) groups is 2. The van der Waals surface area contributed by atoms with Crippen LogP contribution < -0.4 is 0 Å². The molecule has 2 rings (SSSR count). The SMILES string of the molecule is O=C1CCCCCN1CCC(=O)N1C[C@@H](O)[C@H](F)C1. The zero-order chi connectivity index (χ0) is 13.8. The van der Waals surface area contributed by atoms with E-state index in [0.29, 0.717) is 19.5 Å². The number of amides is 2. The van der Waals surface area contributed by atoms with Gasteiger partial charge in [-0.15, -0.1) is 0 Å². The van der Waals surface area contributed by atoms with E-state index < -0.39 is 12.3 Å². The van der Waals surface area contributed by atoms with E-state index in [2.05, 4.69) is 0 Å². The average Bonchev–Trinajstić information content (AvgIpc) is 2.60. The number of β-amino-alcohol motifs (C(OH)–C–C–N with tert-alkyl or cyclic N) is 1. The Morgan fingerprint density at radius 3 is 2.79 bits per heavy atom. The molecule has 0 aliphatic carbocycles. The normalized spacial score (nSPS) is 28.6. The molecule has 1 N–H and O–H groups in total. The van der Waals surface area contributed by atoms with E-state index in [9.17, 15) is 19.1 Å². The Kier molecular flexibility index (Phi) is 4.74. The van der Waals surface area contributed by atoms with E-state index in [-0.39, 0.29) is 31.3 Å². The minimum Gasteiger partial charge on any atom is -0.388 e. The number of hydrogen-bond donors (Lipinski definition) is 1. The molecule has 2 aliphatic heterocycles. The number of rotatable bonds is 3. The van der Waals surface area contributed by atoms with Gasteiger partial charge in [0.1, 0.15) is 12.3 Å². The van der Waals surface area contributed by atoms with E-state index >= 15 is 0 Å². The molecule has 0 unspecified atom stereocenters. The fraction of sp³-hybridized carbons (Fsp3) is 0.846. The highest BCUT2D eigenvalue weighted by atomic mass is 19.1. The number of likely N-dealkylation sites (tertiary alicyclic amines) is 2. The Labute approximate surface area is 112 Å². The zero-order valence-electron chi connectivity index (χ0n) is 11.1. The van der Waals surface area contributed by atoms with E-state index in [0.717, 1.165) is 19.3 Å². The summed E-state index contributed by atoms with van der Waals surface area (Å²) in [6, 6.07) is 0. The van der Waals surface area contributed by atoms with Crippen LogP contribution in [0.15, 0.2) is 0 Å². The van der Waals surface area contributed by atoms with Gasteiger partial charge >= 0.3 is 0 Å². The molecular weight excluding hydrogens is 251 g/mol. The van der Waals surface area contributed by atoms with E-state index in [1.54, 1.807) is 4.90 Å². The highest BCUT2D eigenvalue weighted by molar-refractivity contribution is 5.79. The quantitative estimate of drug-likeness (QED) is 0.805. The summed E-state index contributed by atoms with van der Waals surface area (Å²) in [5, 5.41) is 9.28. The summed E-state index contributed by atoms with van der Waals surface area (Å²) in [6.07, 6.45) is 1.32. The molecule has 0 aromatic heterocycles. The van der Waals surface area contributed by atoms with Gasteiger partial charge in [0.25, 0.3) is 0 Å². The molecule has 2 aliphatic rings. The minimum absolute atomic E-state index is 0.0338. The third-order valence-corrected chi connectivity index (χ3v) is 3.84. The van der Waals surface area contributed by atoms with Crippen LogP contribution in [0.5, 0.6) is 0 Å². The molecule has 108 valence electrons. The van der Waals surface area contributed by atoms with Crippen molar-refractivity contribution in [3.05, 3.63) is 0 Å². The van der Waals surface area contributed by atoms with Crippen molar-refractivity contribution in [2.45, 2.75) is 44.4 Å². The van der Waals surface area contributed by atoms with Crippen LogP contribution in [-0.2, 0) is 9.59 Å². The molecule has 0 bridgehead atoms. The lowest BCUT2D eigenvalue weighted by Gasteiger charge is -2.22. The van der Waals surface area contributed by atoms with Crippen molar-refractivity contribution in [1.29, 1.82) is 0 Å². The first kappa shape index (κ1) is 14.2. The number of carbonyl (C=O) groups excluding carboxylic acids is 2. The molecule has 5 nitrogen and oxygen atoms in total. The number of nitrogens with zero attached hydrogens (tertiary/aromatic N) is 2. The first-order chi connectivity index (χ1) is 9.08. The molecule has 2 heterocycles. The summed E-state index contributed by atoms with van der Waals surface area (Å²) in [5.41, 5.74) is 0. The summed E-state index contributed by atoms with van der Waals surface area (Å²) in [5.74, 6) is -0.0774. The van der Waals surface area contributed by atoms with Crippen LogP contribution in [0.1, 0.15) is 32.1 Å². The summed E-state index contributed by atoms with van der Waals surface area (Å²) < 4.78 is 13.1. The van der Waals surface area contributed by atoms with E-state index in [1.165, 1.54) is 4.90 Å². The van der Waals surface area contributed by atoms with Gasteiger partial charge in [0.05, 0.1) is 6.54 Å². The van der Waals surface area contributed by atoms with Crippen molar-refractivity contribution in [2.24, 2.45) is 0 Å². The van der Waals surface area contributed by atoms with Gasteiger partial charge in [0.15, 0.2) is 0 Å². The Hall–Kier alpha value is -1.17. The van der Waals surface area contributed by atoms with Crippen molar-refractivity contribution in [2.75, 3.05) is 26.2 Å². The predicted molar refractivity (Wildman–Crippen MR) is 67.1 cm³/mol. The third kappa shape index (κ3) is 3.65. The monoisotopic (exact) mass is 272 g/mol. The van der Waals surface area contributed by atoms with E-state index in [4.69, 9.17) is 0 Å². The molecule has 2 atom stereocenters. The lowest BCUT2D eigenvalue weighted by atomic mass is 10.2. The van der Waals surface area contributed by atoms with Gasteiger partial charge in [-0.2, -0.15) is 0 Å². The lowest BCUT2D eigenvalue weighted by Crippen LogP contribution is -2.36. The summed E-state index contributed by atoms with van der Waals surface area (Å²) in [7, 11) is 0. The average molecular weight is 272 g/mol. The summed E-state index contributed by atoms with van der Waals surface area (Å²) in [6.45, 7) is 1.14. The van der Waals surface area contributed by atoms with Gasteiger partial charge in [-0.05, 0) is 12.8 Å². The van der Waals surface area contributed by atoms with Gasteiger partial charge in [0, 0.05) is 32.5 Å². The molecule has 0 aromatic rings. The van der Waals surface area contributed by atoms with Crippen LogP contribution in [0.4, 0.5) is 4.39 Å². The molecule has 19 heavy (non-hydrogen) atoms. The maximum absolute atomic E-state index is 13.1. The second-order valence-electron chi connectivity index (χ2n) is 5.32. The minimum atomic E-state index is -1.34. The van der Waals surface area contributed by atoms with Gasteiger partial charge < -0.3 is 14.9 Å². The Bertz CT molecular complexity index is 341. The number of halogens is 1.